The molecule has 0 aliphatic rings. The number of aromatic nitrogens is 4. The monoisotopic (exact) mass is 2080 g/mol. The number of benzene rings is 12. The molecule has 0 atom stereocenters. The summed E-state index contributed by atoms with van der Waals surface area (Å²) < 4.78 is 63.5. The first-order valence-corrected chi connectivity index (χ1v) is 49.7. The van der Waals surface area contributed by atoms with Gasteiger partial charge in [0.15, 0.2) is 45.3 Å². The van der Waals surface area contributed by atoms with Gasteiger partial charge in [0.05, 0.1) is 76.7 Å². The molecule has 0 saturated heterocycles. The molecular formula is C114H98ClFN8O20S4. The third-order valence-corrected chi connectivity index (χ3v) is 29.2. The molecule has 28 nitrogen and oxygen atoms in total. The highest BCUT2D eigenvalue weighted by atomic mass is 35.5. The van der Waals surface area contributed by atoms with Crippen molar-refractivity contribution in [2.75, 3.05) is 104 Å². The van der Waals surface area contributed by atoms with Crippen molar-refractivity contribution in [3.63, 3.8) is 0 Å². The number of methoxy groups -OCH3 is 4. The summed E-state index contributed by atoms with van der Waals surface area (Å²) in [5.41, 5.74) is 6.85. The first kappa shape index (κ1) is 103. The zero-order valence-corrected chi connectivity index (χ0v) is 86.5. The second-order valence-electron chi connectivity index (χ2n) is 35.4. The van der Waals surface area contributed by atoms with Gasteiger partial charge in [0, 0.05) is 125 Å². The average molecular weight is 2080 g/mol. The van der Waals surface area contributed by atoms with E-state index in [1.54, 1.807) is 83.1 Å². The van der Waals surface area contributed by atoms with Gasteiger partial charge in [0.1, 0.15) is 69.9 Å². The summed E-state index contributed by atoms with van der Waals surface area (Å²) in [5, 5.41) is 47.5. The Kier molecular flexibility index (Phi) is 30.5. The van der Waals surface area contributed by atoms with Gasteiger partial charge in [-0.2, -0.15) is 0 Å². The SMILES string of the molecule is COc1ccc(Cn2c(=O)c3c(O)c(Sc4ccc(C)cc4)c(=O)oc3c3ccc(N(C)C)cc32)cc1.COc1ccc(Cn2c(=O)c3c(O)c(Sc4ccc(Cl)cc4)c(=O)oc3c3ccc(N(C)C)cc32)cc1.COc1ccc(Cn2c(=O)c3c(O)c(Sc4ccc(F)cc4)c(=O)oc3c3ccc(N(C)C)cc32)cc1.COc1ccc(Cn2c(=O)c3c(O)c(Sc4cccc(C)c4)c(=O)oc3c3ccc(N(C)C)cc32)cc1. The van der Waals surface area contributed by atoms with E-state index in [1.807, 2.05) is 296 Å². The normalized spacial score (nSPS) is 11.2. The van der Waals surface area contributed by atoms with Crippen molar-refractivity contribution >= 4 is 169 Å². The fourth-order valence-electron chi connectivity index (χ4n) is 16.8. The predicted molar refractivity (Wildman–Crippen MR) is 586 cm³/mol. The van der Waals surface area contributed by atoms with Gasteiger partial charge in [-0.05, 0) is 230 Å². The number of anilines is 4. The molecule has 0 aliphatic heterocycles. The summed E-state index contributed by atoms with van der Waals surface area (Å²) >= 11 is 10.0. The number of aromatic hydroxyl groups is 4. The Balaban J connectivity index is 0.000000135. The van der Waals surface area contributed by atoms with E-state index in [1.165, 1.54) is 24.3 Å². The standard InChI is InChI=1S/2C29H26N2O5S.C28H23ClN2O5S.C28H23FN2O5S/c1-17-5-12-21(13-6-17)37-27-25(32)24-26(36-29(27)34)22-14-9-19(30(2)3)15-23(22)31(28(24)33)16-18-7-10-20(35-4)11-8-18;1-17-6-5-7-21(14-17)37-27-25(32)24-26(36-29(27)34)22-13-10-19(30(2)3)15-23(22)31(28(24)33)16-18-8-11-20(35-4)12-9-18;2*1-30(2)18-8-13-21-22(14-18)31(15-16-4-9-19(35-3)10-5-16)27(33)23-24(32)26(28(34)36-25(21)23)37-20-11-6-17(29)7-12-20/h2*5-15,32H,16H2,1-4H3;2*4-14,32H,15H2,1-3H3. The number of aryl methyl sites for hydroxylation is 2. The first-order valence-electron chi connectivity index (χ1n) is 46.1. The molecule has 34 heteroatoms. The minimum absolute atomic E-state index is 0.0160. The zero-order valence-electron chi connectivity index (χ0n) is 82.5. The lowest BCUT2D eigenvalue weighted by Gasteiger charge is -2.18. The van der Waals surface area contributed by atoms with E-state index in [-0.39, 0.29) is 101 Å². The number of rotatable bonds is 24. The van der Waals surface area contributed by atoms with Crippen LogP contribution in [0.2, 0.25) is 5.02 Å². The second-order valence-corrected chi connectivity index (χ2v) is 40.1. The van der Waals surface area contributed by atoms with Gasteiger partial charge in [0.25, 0.3) is 22.2 Å². The summed E-state index contributed by atoms with van der Waals surface area (Å²) in [6.07, 6.45) is 0. The minimum atomic E-state index is -0.787. The van der Waals surface area contributed by atoms with Crippen LogP contribution in [0.5, 0.6) is 46.0 Å². The molecule has 752 valence electrons. The molecule has 0 unspecified atom stereocenters. The van der Waals surface area contributed by atoms with Crippen LogP contribution in [0.1, 0.15) is 33.4 Å². The van der Waals surface area contributed by atoms with Crippen molar-refractivity contribution in [3.8, 4) is 46.0 Å². The molecule has 0 fully saturated rings. The lowest BCUT2D eigenvalue weighted by atomic mass is 10.1. The highest BCUT2D eigenvalue weighted by molar-refractivity contribution is 8.00. The highest BCUT2D eigenvalue weighted by Gasteiger charge is 2.30. The van der Waals surface area contributed by atoms with Crippen LogP contribution in [0.3, 0.4) is 0 Å². The van der Waals surface area contributed by atoms with Crippen LogP contribution in [0, 0.1) is 19.7 Å². The number of fused-ring (bicyclic) bond motifs is 12. The van der Waals surface area contributed by atoms with E-state index in [0.717, 1.165) is 113 Å². The third-order valence-electron chi connectivity index (χ3n) is 24.7. The molecule has 4 N–H and O–H groups in total. The molecule has 0 aliphatic carbocycles. The van der Waals surface area contributed by atoms with Crippen LogP contribution in [0.15, 0.2) is 362 Å². The van der Waals surface area contributed by atoms with E-state index < -0.39 is 62.1 Å². The summed E-state index contributed by atoms with van der Waals surface area (Å²) in [4.78, 5) is 118. The van der Waals surface area contributed by atoms with Gasteiger partial charge >= 0.3 is 22.5 Å². The second kappa shape index (κ2) is 43.8. The molecule has 0 saturated carbocycles. The average Bonchev–Trinajstić information content (AvgIpc) is 0.743. The Hall–Kier alpha value is -16.5. The first-order chi connectivity index (χ1) is 71.0. The van der Waals surface area contributed by atoms with Crippen molar-refractivity contribution in [1.82, 2.24) is 18.3 Å². The lowest BCUT2D eigenvalue weighted by molar-refractivity contribution is 0.414. The van der Waals surface area contributed by atoms with Crippen LogP contribution in [0.25, 0.3) is 87.5 Å². The van der Waals surface area contributed by atoms with Crippen LogP contribution in [0.4, 0.5) is 27.1 Å². The molecule has 148 heavy (non-hydrogen) atoms. The molecule has 20 rings (SSSR count). The number of nitrogens with zero attached hydrogens (tertiary/aromatic N) is 8. The number of hydrogen-bond donors (Lipinski definition) is 4. The van der Waals surface area contributed by atoms with E-state index in [0.29, 0.717) is 81.4 Å². The third kappa shape index (κ3) is 21.5. The number of ether oxygens (including phenoxy) is 4. The number of hydrogen-bond acceptors (Lipinski definition) is 28. The Morgan fingerprint density at radius 2 is 0.541 bits per heavy atom. The molecule has 20 aromatic rings. The van der Waals surface area contributed by atoms with Gasteiger partial charge in [-0.1, -0.05) is 143 Å². The number of halogens is 2. The maximum Gasteiger partial charge on any atom is 0.354 e. The highest BCUT2D eigenvalue weighted by Crippen LogP contribution is 2.45. The largest absolute Gasteiger partial charge is 0.505 e. The Labute approximate surface area is 866 Å². The molecule has 0 spiro atoms. The molecule has 8 aromatic heterocycles. The van der Waals surface area contributed by atoms with Gasteiger partial charge in [-0.15, -0.1) is 0 Å². The fraction of sp³-hybridized carbons (Fsp3) is 0.158. The van der Waals surface area contributed by atoms with E-state index in [9.17, 15) is 63.2 Å². The van der Waals surface area contributed by atoms with Crippen LogP contribution >= 0.6 is 58.6 Å². The summed E-state index contributed by atoms with van der Waals surface area (Å²) in [6.45, 7) is 4.87. The summed E-state index contributed by atoms with van der Waals surface area (Å²) in [6, 6.07) is 79.2. The van der Waals surface area contributed by atoms with Gasteiger partial charge in [-0.25, -0.2) is 23.6 Å². The van der Waals surface area contributed by atoms with E-state index >= 15 is 0 Å². The summed E-state index contributed by atoms with van der Waals surface area (Å²) in [7, 11) is 21.6. The Bertz CT molecular complexity index is 8450. The van der Waals surface area contributed by atoms with E-state index in [4.69, 9.17) is 48.2 Å². The number of pyridine rings is 4. The molecule has 12 aromatic carbocycles. The molecule has 0 bridgehead atoms. The lowest BCUT2D eigenvalue weighted by Crippen LogP contribution is -2.23. The van der Waals surface area contributed by atoms with Gasteiger partial charge in [-0.3, -0.25) is 19.2 Å². The van der Waals surface area contributed by atoms with Crippen molar-refractivity contribution in [2.45, 2.75) is 79.2 Å². The minimum Gasteiger partial charge on any atom is -0.505 e. The van der Waals surface area contributed by atoms with Crippen LogP contribution < -0.4 is 83.3 Å². The maximum atomic E-state index is 13.9. The topological polar surface area (TPSA) is 340 Å². The molecule has 0 amide bonds. The van der Waals surface area contributed by atoms with Crippen molar-refractivity contribution < 1.29 is 61.4 Å². The summed E-state index contributed by atoms with van der Waals surface area (Å²) in [5.74, 6) is 0.788. The Morgan fingerprint density at radius 3 is 0.784 bits per heavy atom. The van der Waals surface area contributed by atoms with Crippen LogP contribution in [-0.4, -0.2) is 124 Å². The molecule has 8 heterocycles. The predicted octanol–water partition coefficient (Wildman–Crippen LogP) is 21.8. The molecule has 0 radical (unpaired) electrons. The zero-order chi connectivity index (χ0) is 105. The van der Waals surface area contributed by atoms with Crippen molar-refractivity contribution in [2.24, 2.45) is 0 Å². The fourth-order valence-corrected chi connectivity index (χ4v) is 20.4. The smallest absolute Gasteiger partial charge is 0.354 e. The maximum absolute atomic E-state index is 13.9. The quantitative estimate of drug-likeness (QED) is 0.0408. The van der Waals surface area contributed by atoms with Crippen molar-refractivity contribution in [1.29, 1.82) is 0 Å². The molecular weight excluding hydrogens is 1980 g/mol. The van der Waals surface area contributed by atoms with Gasteiger partial charge in [0.2, 0.25) is 0 Å². The van der Waals surface area contributed by atoms with Gasteiger partial charge < -0.3 is 94.9 Å². The van der Waals surface area contributed by atoms with Crippen molar-refractivity contribution in [3.05, 3.63) is 394 Å². The Morgan fingerprint density at radius 1 is 0.297 bits per heavy atom. The van der Waals surface area contributed by atoms with Crippen LogP contribution in [-0.2, 0) is 26.2 Å². The van der Waals surface area contributed by atoms with E-state index in [2.05, 4.69) is 0 Å².